The minimum Gasteiger partial charge on any atom is -0.382 e. The molecule has 0 bridgehead atoms. The molecule has 0 aliphatic heterocycles. The number of nitriles is 1. The molecule has 0 spiro atoms. The van der Waals surface area contributed by atoms with Crippen LogP contribution in [0.3, 0.4) is 0 Å². The number of nitrogens with one attached hydrogen (secondary N) is 2. The number of hydrogen-bond acceptors (Lipinski definition) is 4. The average molecular weight is 438 g/mol. The number of amides is 1. The molecule has 1 amide bonds. The van der Waals surface area contributed by atoms with Crippen molar-refractivity contribution in [1.82, 2.24) is 10.3 Å². The fraction of sp³-hybridized carbons (Fsp3) is 0.292. The van der Waals surface area contributed by atoms with Crippen molar-refractivity contribution in [3.63, 3.8) is 0 Å². The van der Waals surface area contributed by atoms with Crippen molar-refractivity contribution in [2.45, 2.75) is 43.9 Å². The number of carbonyl (C=O) groups is 1. The van der Waals surface area contributed by atoms with Crippen molar-refractivity contribution in [1.29, 1.82) is 5.26 Å². The Morgan fingerprint density at radius 3 is 2.44 bits per heavy atom. The van der Waals surface area contributed by atoms with Crippen molar-refractivity contribution in [2.75, 3.05) is 5.32 Å². The van der Waals surface area contributed by atoms with Gasteiger partial charge < -0.3 is 10.6 Å². The fourth-order valence-electron chi connectivity index (χ4n) is 4.04. The summed E-state index contributed by atoms with van der Waals surface area (Å²) >= 11 is 0. The Hall–Kier alpha value is -3.60. The summed E-state index contributed by atoms with van der Waals surface area (Å²) in [5, 5.41) is 15.9. The first-order valence-electron chi connectivity index (χ1n) is 10.4. The summed E-state index contributed by atoms with van der Waals surface area (Å²) in [7, 11) is 0. The lowest BCUT2D eigenvalue weighted by molar-refractivity contribution is -0.140. The zero-order valence-electron chi connectivity index (χ0n) is 17.1. The number of para-hydroxylation sites is 1. The highest BCUT2D eigenvalue weighted by Gasteiger charge is 2.33. The lowest BCUT2D eigenvalue weighted by Crippen LogP contribution is -2.40. The topological polar surface area (TPSA) is 77.8 Å². The molecule has 0 unspecified atom stereocenters. The second kappa shape index (κ2) is 8.87. The van der Waals surface area contributed by atoms with Gasteiger partial charge in [0.15, 0.2) is 0 Å². The molecule has 4 rings (SSSR count). The average Bonchev–Trinajstić information content (AvgIpc) is 2.79. The standard InChI is InChI=1S/C24H21F3N4O/c25-24(26,27)22-13-21(19-6-1-2-7-20(19)31-22)29-17-8-10-18(11-9-17)30-23(32)16-5-3-4-15(12-16)14-28/h1-7,12-13,17-18H,8-11H2,(H,29,31)(H,30,32)/t17-,18+. The predicted octanol–water partition coefficient (Wildman–Crippen LogP) is 5.28. The van der Waals surface area contributed by atoms with E-state index in [0.717, 1.165) is 6.07 Å². The highest BCUT2D eigenvalue weighted by molar-refractivity contribution is 5.94. The highest BCUT2D eigenvalue weighted by atomic mass is 19.4. The van der Waals surface area contributed by atoms with Gasteiger partial charge in [0.25, 0.3) is 5.91 Å². The van der Waals surface area contributed by atoms with E-state index in [0.29, 0.717) is 53.4 Å². The molecule has 1 heterocycles. The summed E-state index contributed by atoms with van der Waals surface area (Å²) in [6.07, 6.45) is -1.69. The Kier molecular flexibility index (Phi) is 5.99. The third-order valence-electron chi connectivity index (χ3n) is 5.68. The Balaban J connectivity index is 1.41. The molecule has 3 aromatic rings. The smallest absolute Gasteiger partial charge is 0.382 e. The number of pyridine rings is 1. The minimum absolute atomic E-state index is 0.00282. The molecule has 1 fully saturated rings. The van der Waals surface area contributed by atoms with Crippen molar-refractivity contribution in [3.05, 3.63) is 71.4 Å². The van der Waals surface area contributed by atoms with Crippen LogP contribution in [-0.4, -0.2) is 23.0 Å². The Bertz CT molecular complexity index is 1180. The molecule has 1 saturated carbocycles. The number of hydrogen-bond donors (Lipinski definition) is 2. The van der Waals surface area contributed by atoms with E-state index in [-0.39, 0.29) is 18.0 Å². The number of alkyl halides is 3. The second-order valence-corrected chi connectivity index (χ2v) is 7.93. The molecule has 32 heavy (non-hydrogen) atoms. The van der Waals surface area contributed by atoms with E-state index < -0.39 is 11.9 Å². The van der Waals surface area contributed by atoms with Gasteiger partial charge in [-0.2, -0.15) is 18.4 Å². The van der Waals surface area contributed by atoms with Crippen LogP contribution < -0.4 is 10.6 Å². The van der Waals surface area contributed by atoms with Crippen molar-refractivity contribution in [2.24, 2.45) is 0 Å². The van der Waals surface area contributed by atoms with Gasteiger partial charge in [-0.15, -0.1) is 0 Å². The molecular formula is C24H21F3N4O. The van der Waals surface area contributed by atoms with Crippen LogP contribution in [0.4, 0.5) is 18.9 Å². The summed E-state index contributed by atoms with van der Waals surface area (Å²) in [4.78, 5) is 16.2. The molecule has 0 radical (unpaired) electrons. The van der Waals surface area contributed by atoms with Gasteiger partial charge in [-0.05, 0) is 56.0 Å². The van der Waals surface area contributed by atoms with Gasteiger partial charge >= 0.3 is 6.18 Å². The molecule has 1 aliphatic carbocycles. The number of benzene rings is 2. The zero-order chi connectivity index (χ0) is 22.7. The van der Waals surface area contributed by atoms with Gasteiger partial charge in [0.05, 0.1) is 17.1 Å². The maximum atomic E-state index is 13.3. The Morgan fingerprint density at radius 1 is 1.00 bits per heavy atom. The van der Waals surface area contributed by atoms with Crippen LogP contribution in [0.25, 0.3) is 10.9 Å². The molecule has 5 nitrogen and oxygen atoms in total. The fourth-order valence-corrected chi connectivity index (χ4v) is 4.04. The molecule has 0 saturated heterocycles. The quantitative estimate of drug-likeness (QED) is 0.581. The lowest BCUT2D eigenvalue weighted by atomic mass is 9.90. The van der Waals surface area contributed by atoms with E-state index in [4.69, 9.17) is 5.26 Å². The predicted molar refractivity (Wildman–Crippen MR) is 115 cm³/mol. The van der Waals surface area contributed by atoms with E-state index in [1.54, 1.807) is 48.5 Å². The van der Waals surface area contributed by atoms with E-state index >= 15 is 0 Å². The van der Waals surface area contributed by atoms with E-state index in [1.165, 1.54) is 0 Å². The van der Waals surface area contributed by atoms with Gasteiger partial charge in [0.1, 0.15) is 5.69 Å². The monoisotopic (exact) mass is 438 g/mol. The molecule has 2 N–H and O–H groups in total. The molecule has 1 aliphatic rings. The summed E-state index contributed by atoms with van der Waals surface area (Å²) in [6, 6.07) is 16.4. The molecule has 8 heteroatoms. The van der Waals surface area contributed by atoms with Crippen LogP contribution in [0.5, 0.6) is 0 Å². The van der Waals surface area contributed by atoms with Crippen LogP contribution in [0.2, 0.25) is 0 Å². The van der Waals surface area contributed by atoms with Crippen LogP contribution in [0.1, 0.15) is 47.3 Å². The molecule has 2 aromatic carbocycles. The number of aromatic nitrogens is 1. The van der Waals surface area contributed by atoms with E-state index in [1.807, 2.05) is 6.07 Å². The van der Waals surface area contributed by atoms with Gasteiger partial charge in [0.2, 0.25) is 0 Å². The first-order chi connectivity index (χ1) is 15.3. The number of halogens is 3. The molecule has 164 valence electrons. The summed E-state index contributed by atoms with van der Waals surface area (Å²) in [5.41, 5.74) is 0.661. The Morgan fingerprint density at radius 2 is 1.72 bits per heavy atom. The van der Waals surface area contributed by atoms with Gasteiger partial charge in [-0.3, -0.25) is 4.79 Å². The zero-order valence-corrected chi connectivity index (χ0v) is 17.1. The summed E-state index contributed by atoms with van der Waals surface area (Å²) in [5.74, 6) is -0.228. The second-order valence-electron chi connectivity index (χ2n) is 7.93. The van der Waals surface area contributed by atoms with Crippen LogP contribution in [-0.2, 0) is 6.18 Å². The van der Waals surface area contributed by atoms with E-state index in [9.17, 15) is 18.0 Å². The first kappa shape index (κ1) is 21.6. The van der Waals surface area contributed by atoms with Gasteiger partial charge in [-0.25, -0.2) is 4.98 Å². The Labute approximate surface area is 183 Å². The van der Waals surface area contributed by atoms with Crippen molar-refractivity contribution in [3.8, 4) is 6.07 Å². The SMILES string of the molecule is N#Cc1cccc(C(=O)N[C@H]2CC[C@@H](Nc3cc(C(F)(F)F)nc4ccccc34)CC2)c1. The number of anilines is 1. The largest absolute Gasteiger partial charge is 0.433 e. The number of nitrogens with zero attached hydrogens (tertiary/aromatic N) is 2. The number of fused-ring (bicyclic) bond motifs is 1. The molecule has 0 atom stereocenters. The maximum Gasteiger partial charge on any atom is 0.433 e. The normalized spacial score (nSPS) is 18.7. The number of rotatable bonds is 4. The molecular weight excluding hydrogens is 417 g/mol. The van der Waals surface area contributed by atoms with Gasteiger partial charge in [-0.1, -0.05) is 24.3 Å². The third-order valence-corrected chi connectivity index (χ3v) is 5.68. The van der Waals surface area contributed by atoms with E-state index in [2.05, 4.69) is 15.6 Å². The first-order valence-corrected chi connectivity index (χ1v) is 10.4. The summed E-state index contributed by atoms with van der Waals surface area (Å²) < 4.78 is 39.9. The number of carbonyl (C=O) groups excluding carboxylic acids is 1. The lowest BCUT2D eigenvalue weighted by Gasteiger charge is -2.30. The minimum atomic E-state index is -4.52. The van der Waals surface area contributed by atoms with Crippen LogP contribution in [0.15, 0.2) is 54.6 Å². The third kappa shape index (κ3) is 4.83. The summed E-state index contributed by atoms with van der Waals surface area (Å²) in [6.45, 7) is 0. The van der Waals surface area contributed by atoms with Crippen molar-refractivity contribution >= 4 is 22.5 Å². The molecule has 1 aromatic heterocycles. The van der Waals surface area contributed by atoms with Gasteiger partial charge in [0, 0.05) is 28.7 Å². The van der Waals surface area contributed by atoms with Crippen LogP contribution >= 0.6 is 0 Å². The maximum absolute atomic E-state index is 13.3. The van der Waals surface area contributed by atoms with Crippen molar-refractivity contribution < 1.29 is 18.0 Å². The highest BCUT2D eigenvalue weighted by Crippen LogP contribution is 2.34. The van der Waals surface area contributed by atoms with Crippen LogP contribution in [0, 0.1) is 11.3 Å².